The number of benzene rings is 1. The summed E-state index contributed by atoms with van der Waals surface area (Å²) in [5.74, 6) is -0.327. The molecular formula is C14H17F3N2O. The van der Waals surface area contributed by atoms with Crippen molar-refractivity contribution >= 4 is 5.91 Å². The Hall–Kier alpha value is -1.56. The molecule has 1 fully saturated rings. The fourth-order valence-corrected chi connectivity index (χ4v) is 2.26. The van der Waals surface area contributed by atoms with Gasteiger partial charge in [0.05, 0.1) is 5.56 Å². The fourth-order valence-electron chi connectivity index (χ4n) is 2.26. The van der Waals surface area contributed by atoms with Crippen molar-refractivity contribution in [1.82, 2.24) is 9.80 Å². The first-order chi connectivity index (χ1) is 9.27. The molecule has 0 aliphatic carbocycles. The second-order valence-electron chi connectivity index (χ2n) is 5.18. The lowest BCUT2D eigenvalue weighted by Crippen LogP contribution is -2.47. The van der Waals surface area contributed by atoms with Crippen LogP contribution in [-0.4, -0.2) is 48.9 Å². The maximum Gasteiger partial charge on any atom is 0.416 e. The quantitative estimate of drug-likeness (QED) is 0.791. The predicted octanol–water partition coefficient (Wildman–Crippen LogP) is 2.40. The molecule has 0 aromatic heterocycles. The Bertz CT molecular complexity index is 506. The highest BCUT2D eigenvalue weighted by molar-refractivity contribution is 5.94. The number of carbonyl (C=O) groups is 1. The molecule has 3 nitrogen and oxygen atoms in total. The largest absolute Gasteiger partial charge is 0.416 e. The number of likely N-dealkylation sites (N-methyl/N-ethyl adjacent to an activating group) is 1. The first-order valence-corrected chi connectivity index (χ1v) is 6.44. The van der Waals surface area contributed by atoms with Crippen molar-refractivity contribution in [2.24, 2.45) is 0 Å². The van der Waals surface area contributed by atoms with E-state index in [1.54, 1.807) is 11.8 Å². The first kappa shape index (κ1) is 14.8. The number of hydrogen-bond donors (Lipinski definition) is 0. The van der Waals surface area contributed by atoms with E-state index in [1.807, 2.05) is 7.05 Å². The topological polar surface area (TPSA) is 23.6 Å². The van der Waals surface area contributed by atoms with Gasteiger partial charge in [0.1, 0.15) is 0 Å². The monoisotopic (exact) mass is 286 g/mol. The van der Waals surface area contributed by atoms with Crippen LogP contribution < -0.4 is 0 Å². The van der Waals surface area contributed by atoms with Gasteiger partial charge in [-0.3, -0.25) is 4.79 Å². The molecule has 1 aromatic carbocycles. The van der Waals surface area contributed by atoms with Gasteiger partial charge in [0, 0.05) is 31.7 Å². The van der Waals surface area contributed by atoms with Gasteiger partial charge in [0.2, 0.25) is 0 Å². The zero-order valence-corrected chi connectivity index (χ0v) is 11.5. The minimum Gasteiger partial charge on any atom is -0.336 e. The summed E-state index contributed by atoms with van der Waals surface area (Å²) in [6.07, 6.45) is -4.43. The molecule has 0 atom stereocenters. The molecular weight excluding hydrogens is 269 g/mol. The van der Waals surface area contributed by atoms with Crippen molar-refractivity contribution in [3.63, 3.8) is 0 Å². The van der Waals surface area contributed by atoms with E-state index in [4.69, 9.17) is 0 Å². The summed E-state index contributed by atoms with van der Waals surface area (Å²) in [5, 5.41) is 0. The highest BCUT2D eigenvalue weighted by Crippen LogP contribution is 2.30. The number of nitrogens with zero attached hydrogens (tertiary/aromatic N) is 2. The van der Waals surface area contributed by atoms with Gasteiger partial charge in [0.25, 0.3) is 5.91 Å². The Morgan fingerprint density at radius 2 is 1.70 bits per heavy atom. The molecule has 0 unspecified atom stereocenters. The van der Waals surface area contributed by atoms with E-state index in [0.717, 1.165) is 25.2 Å². The number of piperazine rings is 1. The predicted molar refractivity (Wildman–Crippen MR) is 69.6 cm³/mol. The van der Waals surface area contributed by atoms with Gasteiger partial charge in [-0.1, -0.05) is 0 Å². The van der Waals surface area contributed by atoms with Gasteiger partial charge < -0.3 is 9.80 Å². The molecule has 1 heterocycles. The van der Waals surface area contributed by atoms with Crippen LogP contribution in [0, 0.1) is 6.92 Å². The molecule has 0 N–H and O–H groups in total. The van der Waals surface area contributed by atoms with E-state index in [2.05, 4.69) is 4.90 Å². The van der Waals surface area contributed by atoms with Crippen molar-refractivity contribution in [3.05, 3.63) is 34.9 Å². The number of alkyl halides is 3. The molecule has 6 heteroatoms. The standard InChI is InChI=1S/C14H17F3N2O/c1-10-7-11(9-12(8-10)14(15,16)17)13(20)19-5-3-18(2)4-6-19/h7-9H,3-6H2,1-2H3. The van der Waals surface area contributed by atoms with Crippen LogP contribution in [0.25, 0.3) is 0 Å². The smallest absolute Gasteiger partial charge is 0.336 e. The van der Waals surface area contributed by atoms with Crippen LogP contribution in [0.4, 0.5) is 13.2 Å². The molecule has 1 aliphatic rings. The van der Waals surface area contributed by atoms with E-state index in [1.165, 1.54) is 6.07 Å². The van der Waals surface area contributed by atoms with Gasteiger partial charge in [-0.05, 0) is 37.7 Å². The van der Waals surface area contributed by atoms with E-state index in [-0.39, 0.29) is 11.5 Å². The molecule has 2 rings (SSSR count). The minimum absolute atomic E-state index is 0.113. The van der Waals surface area contributed by atoms with E-state index in [0.29, 0.717) is 18.7 Å². The highest BCUT2D eigenvalue weighted by Gasteiger charge is 2.32. The third-order valence-corrected chi connectivity index (χ3v) is 3.44. The van der Waals surface area contributed by atoms with E-state index in [9.17, 15) is 18.0 Å². The summed E-state index contributed by atoms with van der Waals surface area (Å²) in [7, 11) is 1.95. The first-order valence-electron chi connectivity index (χ1n) is 6.44. The number of rotatable bonds is 1. The molecule has 1 aromatic rings. The molecule has 0 saturated carbocycles. The second-order valence-corrected chi connectivity index (χ2v) is 5.18. The van der Waals surface area contributed by atoms with Crippen LogP contribution in [0.15, 0.2) is 18.2 Å². The lowest BCUT2D eigenvalue weighted by atomic mass is 10.0. The van der Waals surface area contributed by atoms with Crippen LogP contribution >= 0.6 is 0 Å². The third kappa shape index (κ3) is 3.30. The van der Waals surface area contributed by atoms with Crippen LogP contribution in [-0.2, 0) is 6.18 Å². The summed E-state index contributed by atoms with van der Waals surface area (Å²) in [6, 6.07) is 3.50. The SMILES string of the molecule is Cc1cc(C(=O)N2CCN(C)CC2)cc(C(F)(F)F)c1. The summed E-state index contributed by atoms with van der Waals surface area (Å²) in [5.41, 5.74) is -0.214. The maximum atomic E-state index is 12.8. The molecule has 0 bridgehead atoms. The van der Waals surface area contributed by atoms with Crippen LogP contribution in [0.1, 0.15) is 21.5 Å². The van der Waals surface area contributed by atoms with E-state index < -0.39 is 11.7 Å². The van der Waals surface area contributed by atoms with Crippen molar-refractivity contribution in [1.29, 1.82) is 0 Å². The van der Waals surface area contributed by atoms with Gasteiger partial charge in [0.15, 0.2) is 0 Å². The lowest BCUT2D eigenvalue weighted by molar-refractivity contribution is -0.137. The van der Waals surface area contributed by atoms with Crippen molar-refractivity contribution in [3.8, 4) is 0 Å². The number of carbonyl (C=O) groups excluding carboxylic acids is 1. The fraction of sp³-hybridized carbons (Fsp3) is 0.500. The normalized spacial score (nSPS) is 17.4. The zero-order valence-electron chi connectivity index (χ0n) is 11.5. The Kier molecular flexibility index (Phi) is 4.04. The summed E-state index contributed by atoms with van der Waals surface area (Å²) in [6.45, 7) is 4.14. The third-order valence-electron chi connectivity index (χ3n) is 3.44. The van der Waals surface area contributed by atoms with Crippen molar-refractivity contribution < 1.29 is 18.0 Å². The minimum atomic E-state index is -4.43. The lowest BCUT2D eigenvalue weighted by Gasteiger charge is -2.32. The van der Waals surface area contributed by atoms with Crippen molar-refractivity contribution in [2.45, 2.75) is 13.1 Å². The summed E-state index contributed by atoms with van der Waals surface area (Å²) >= 11 is 0. The number of hydrogen-bond acceptors (Lipinski definition) is 2. The Morgan fingerprint density at radius 1 is 1.10 bits per heavy atom. The average Bonchev–Trinajstić information content (AvgIpc) is 2.37. The van der Waals surface area contributed by atoms with Gasteiger partial charge in [-0.25, -0.2) is 0 Å². The Labute approximate surface area is 116 Å². The zero-order chi connectivity index (χ0) is 14.9. The van der Waals surface area contributed by atoms with Crippen LogP contribution in [0.2, 0.25) is 0 Å². The average molecular weight is 286 g/mol. The van der Waals surface area contributed by atoms with Crippen molar-refractivity contribution in [2.75, 3.05) is 33.2 Å². The van der Waals surface area contributed by atoms with Gasteiger partial charge in [-0.15, -0.1) is 0 Å². The number of aryl methyl sites for hydroxylation is 1. The summed E-state index contributed by atoms with van der Waals surface area (Å²) in [4.78, 5) is 16.0. The molecule has 1 amide bonds. The van der Waals surface area contributed by atoms with Gasteiger partial charge >= 0.3 is 6.18 Å². The maximum absolute atomic E-state index is 12.8. The molecule has 1 saturated heterocycles. The Morgan fingerprint density at radius 3 is 2.25 bits per heavy atom. The van der Waals surface area contributed by atoms with E-state index >= 15 is 0 Å². The number of halogens is 3. The second kappa shape index (κ2) is 5.44. The molecule has 0 spiro atoms. The molecule has 20 heavy (non-hydrogen) atoms. The summed E-state index contributed by atoms with van der Waals surface area (Å²) < 4.78 is 38.3. The molecule has 110 valence electrons. The molecule has 1 aliphatic heterocycles. The van der Waals surface area contributed by atoms with Gasteiger partial charge in [-0.2, -0.15) is 13.2 Å². The number of amides is 1. The Balaban J connectivity index is 2.24. The van der Waals surface area contributed by atoms with Crippen LogP contribution in [0.5, 0.6) is 0 Å². The highest BCUT2D eigenvalue weighted by atomic mass is 19.4. The van der Waals surface area contributed by atoms with Crippen LogP contribution in [0.3, 0.4) is 0 Å². The molecule has 0 radical (unpaired) electrons.